The molecule has 8 aliphatic rings. The van der Waals surface area contributed by atoms with Crippen LogP contribution in [0.25, 0.3) is 153 Å². The second-order valence-corrected chi connectivity index (χ2v) is 38.1. The maximum Gasteiger partial charge on any atom is 0.0726 e. The number of para-hydroxylation sites is 1. The van der Waals surface area contributed by atoms with E-state index in [2.05, 4.69) is 485 Å². The van der Waals surface area contributed by atoms with Gasteiger partial charge in [-0.3, -0.25) is 4.98 Å². The highest BCUT2D eigenvalue weighted by Crippen LogP contribution is 2.71. The van der Waals surface area contributed by atoms with Crippen LogP contribution in [0.4, 0.5) is 17.1 Å². The zero-order valence-corrected chi connectivity index (χ0v) is 74.4. The van der Waals surface area contributed by atoms with Crippen LogP contribution < -0.4 is 4.90 Å². The maximum absolute atomic E-state index is 4.27. The van der Waals surface area contributed by atoms with Gasteiger partial charge in [0.25, 0.3) is 0 Å². The summed E-state index contributed by atoms with van der Waals surface area (Å²) in [7, 11) is 0. The Hall–Kier alpha value is -16.9. The Bertz CT molecular complexity index is 8890. The molecule has 0 saturated heterocycles. The van der Waals surface area contributed by atoms with Crippen LogP contribution in [0.1, 0.15) is 100 Å². The van der Waals surface area contributed by atoms with Gasteiger partial charge in [0.05, 0.1) is 21.7 Å². The molecule has 24 aromatic rings. The first-order valence-corrected chi connectivity index (χ1v) is 47.4. The first-order chi connectivity index (χ1) is 66.8. The molecule has 0 atom stereocenters. The van der Waals surface area contributed by atoms with Crippen LogP contribution >= 0.6 is 0 Å². The van der Waals surface area contributed by atoms with E-state index in [-0.39, 0.29) is 21.7 Å². The van der Waals surface area contributed by atoms with E-state index >= 15 is 0 Å². The van der Waals surface area contributed by atoms with Crippen molar-refractivity contribution in [3.8, 4) is 66.8 Å². The summed E-state index contributed by atoms with van der Waals surface area (Å²) in [5.74, 6) is 0. The molecule has 135 heavy (non-hydrogen) atoms. The Balaban J connectivity index is 0.0000000876. The molecule has 1 aromatic heterocycles. The van der Waals surface area contributed by atoms with Crippen molar-refractivity contribution in [1.82, 2.24) is 4.98 Å². The summed E-state index contributed by atoms with van der Waals surface area (Å²) in [5.41, 5.74) is 44.3. The summed E-state index contributed by atoms with van der Waals surface area (Å²) < 4.78 is 0. The van der Waals surface area contributed by atoms with Crippen LogP contribution in [0.3, 0.4) is 0 Å². The number of nitrogens with zero attached hydrogens (tertiary/aromatic N) is 2. The number of hydrogen-bond acceptors (Lipinski definition) is 2. The first kappa shape index (κ1) is 75.9. The molecule has 0 N–H and O–H groups in total. The fraction of sp³-hybridized carbons (Fsp3) is 0.0451. The van der Waals surface area contributed by atoms with Gasteiger partial charge >= 0.3 is 0 Å². The largest absolute Gasteiger partial charge is 0.310 e. The number of benzene rings is 23. The fourth-order valence-electron chi connectivity index (χ4n) is 26.3. The summed E-state index contributed by atoms with van der Waals surface area (Å²) in [4.78, 5) is 6.59. The van der Waals surface area contributed by atoms with Crippen molar-refractivity contribution in [3.05, 3.63) is 574 Å². The highest BCUT2D eigenvalue weighted by molar-refractivity contribution is 6.17. The normalized spacial score (nSPS) is 14.2. The Labute approximate surface area is 783 Å². The summed E-state index contributed by atoms with van der Waals surface area (Å²) in [5, 5.41) is 22.0. The molecule has 32 rings (SSSR count). The average molecular weight is 1710 g/mol. The Morgan fingerprint density at radius 2 is 0.444 bits per heavy atom. The highest BCUT2D eigenvalue weighted by Gasteiger charge is 2.59. The van der Waals surface area contributed by atoms with Crippen molar-refractivity contribution in [2.75, 3.05) is 4.90 Å². The number of anilines is 3. The average Bonchev–Trinajstić information content (AvgIpc) is 0.688. The van der Waals surface area contributed by atoms with Crippen LogP contribution in [0.2, 0.25) is 0 Å². The van der Waals surface area contributed by atoms with E-state index in [1.54, 1.807) is 0 Å². The predicted octanol–water partition coefficient (Wildman–Crippen LogP) is 33.5. The molecule has 4 spiro atoms. The number of aromatic nitrogens is 1. The third-order valence-electron chi connectivity index (χ3n) is 31.8. The summed E-state index contributed by atoms with van der Waals surface area (Å²) in [6.07, 6.45) is 3.72. The molecule has 0 unspecified atom stereocenters. The van der Waals surface area contributed by atoms with Crippen LogP contribution in [-0.2, 0) is 21.7 Å². The van der Waals surface area contributed by atoms with E-state index < -0.39 is 0 Å². The molecule has 0 radical (unpaired) electrons. The Morgan fingerprint density at radius 1 is 0.163 bits per heavy atom. The number of rotatable bonds is 8. The van der Waals surface area contributed by atoms with Crippen molar-refractivity contribution in [1.29, 1.82) is 0 Å². The van der Waals surface area contributed by atoms with Gasteiger partial charge in [-0.05, 0) is 364 Å². The maximum atomic E-state index is 4.27. The fourth-order valence-corrected chi connectivity index (χ4v) is 26.3. The molecule has 0 saturated carbocycles. The number of fused-ring (bicyclic) bond motifs is 20. The van der Waals surface area contributed by atoms with Gasteiger partial charge in [-0.2, -0.15) is 0 Å². The van der Waals surface area contributed by atoms with Crippen molar-refractivity contribution >= 4 is 103 Å². The summed E-state index contributed by atoms with van der Waals surface area (Å²) in [6.45, 7) is 4.43. The van der Waals surface area contributed by atoms with Gasteiger partial charge in [0, 0.05) is 29.5 Å². The third kappa shape index (κ3) is 10.1. The molecule has 8 aliphatic carbocycles. The van der Waals surface area contributed by atoms with E-state index in [4.69, 9.17) is 0 Å². The Morgan fingerprint density at radius 3 is 0.874 bits per heavy atom. The lowest BCUT2D eigenvalue weighted by molar-refractivity contribution is 0.701. The minimum atomic E-state index is -0.237. The van der Waals surface area contributed by atoms with Gasteiger partial charge < -0.3 is 4.90 Å². The predicted molar refractivity (Wildman–Crippen MR) is 562 cm³/mol. The van der Waals surface area contributed by atoms with Crippen LogP contribution in [-0.4, -0.2) is 4.98 Å². The quantitative estimate of drug-likeness (QED) is 0.151. The molecular formula is C133H84N2. The van der Waals surface area contributed by atoms with Gasteiger partial charge in [-0.1, -0.05) is 364 Å². The second kappa shape index (κ2) is 28.3. The third-order valence-corrected chi connectivity index (χ3v) is 31.8. The number of pyridine rings is 1. The van der Waals surface area contributed by atoms with Crippen LogP contribution in [0.5, 0.6) is 0 Å². The zero-order valence-electron chi connectivity index (χ0n) is 74.4. The zero-order chi connectivity index (χ0) is 88.7. The molecule has 2 nitrogen and oxygen atoms in total. The molecule has 0 aliphatic heterocycles. The smallest absolute Gasteiger partial charge is 0.0726 e. The van der Waals surface area contributed by atoms with Crippen LogP contribution in [0.15, 0.2) is 473 Å². The Kier molecular flexibility index (Phi) is 15.9. The second-order valence-electron chi connectivity index (χ2n) is 38.1. The van der Waals surface area contributed by atoms with Crippen molar-refractivity contribution in [2.45, 2.75) is 35.5 Å². The molecule has 1 heterocycles. The topological polar surface area (TPSA) is 16.1 Å². The van der Waals surface area contributed by atoms with Gasteiger partial charge in [0.15, 0.2) is 0 Å². The molecule has 0 fully saturated rings. The number of aryl methyl sites for hydroxylation is 2. The van der Waals surface area contributed by atoms with Crippen molar-refractivity contribution in [2.24, 2.45) is 0 Å². The highest BCUT2D eigenvalue weighted by atomic mass is 15.1. The lowest BCUT2D eigenvalue weighted by Gasteiger charge is -2.52. The van der Waals surface area contributed by atoms with Gasteiger partial charge in [-0.15, -0.1) is 0 Å². The molecule has 23 aromatic carbocycles. The SMILES string of the molecule is Cc1ccccc1-c1cc2c3c(cccc3c1)C21c2cccc3cc(-c4ccccc4C)cc1c23.c1ccc(-c2cc3c4c(cccc4c2)C32c3cccc4cc(-c5ccccc5)cc2c34)cc1.c1ccc(N(c2ccncc2)c2ccc3c(c2)C2(c4ccccc4-3)c3cccc4cccc2c34)cc1.c1ccc2c(-c3cc4c5c(cccc5c3)C43c4cccc5cccc3c45)cccc2c1. The molecule has 0 bridgehead atoms. The molecule has 626 valence electrons. The lowest BCUT2D eigenvalue weighted by atomic mass is 9.49. The molecule has 2 heteroatoms. The summed E-state index contributed by atoms with van der Waals surface area (Å²) >= 11 is 0. The molecule has 0 amide bonds. The molecular weight excluding hydrogens is 1630 g/mol. The number of hydrogen-bond donors (Lipinski definition) is 0. The van der Waals surface area contributed by atoms with E-state index in [1.165, 1.54) is 253 Å². The van der Waals surface area contributed by atoms with Crippen LogP contribution in [0, 0.1) is 13.8 Å². The van der Waals surface area contributed by atoms with Crippen molar-refractivity contribution < 1.29 is 0 Å². The monoisotopic (exact) mass is 1710 g/mol. The van der Waals surface area contributed by atoms with E-state index in [9.17, 15) is 0 Å². The lowest BCUT2D eigenvalue weighted by Crippen LogP contribution is -2.43. The first-order valence-electron chi connectivity index (χ1n) is 47.4. The van der Waals surface area contributed by atoms with Gasteiger partial charge in [-0.25, -0.2) is 0 Å². The van der Waals surface area contributed by atoms with Gasteiger partial charge in [0.1, 0.15) is 0 Å². The standard InChI is InChI=1S/C35H24.C34H22N2.C33H20.C31H18/c1-21-9-3-5-13-27(21)25-17-23-11-7-15-29-33(23)31(19-25)35(29)30-16-8-12-24-18-26(20-32(35)34(24)30)28-14-6-4-10-22(28)2;1-2-10-24(11-3-1)36(25-18-20-35-21-19-25)26-16-17-28-27-12-4-5-13-29(27)34(32(28)22-26)30-14-6-8-23-9-7-15-31(34)33(23)30;1-3-9-21(10-4-1)25-17-23-13-7-15-27-31(23)29(19-25)33(27)28-16-8-14-24-18-26(20-30(33)32(24)28)22-11-5-2-6-12-22;1-2-12-23-19(7-1)8-3-13-24(23)22-17-21-11-6-16-27-30(21)28(18-22)31(27)25-14-4-9-20-10-5-15-26(31)29(20)25/h3-20H,1-2H3;1-22H;1-20H;1-18H. The van der Waals surface area contributed by atoms with E-state index in [0.717, 1.165) is 17.1 Å². The summed E-state index contributed by atoms with van der Waals surface area (Å²) in [6, 6.07) is 171. The van der Waals surface area contributed by atoms with E-state index in [1.807, 2.05) is 12.4 Å². The minimum absolute atomic E-state index is 0.0639. The van der Waals surface area contributed by atoms with Crippen molar-refractivity contribution in [3.63, 3.8) is 0 Å². The van der Waals surface area contributed by atoms with Gasteiger partial charge in [0.2, 0.25) is 0 Å². The van der Waals surface area contributed by atoms with E-state index in [0.29, 0.717) is 0 Å². The minimum Gasteiger partial charge on any atom is -0.310 e.